The van der Waals surface area contributed by atoms with E-state index in [4.69, 9.17) is 4.74 Å². The summed E-state index contributed by atoms with van der Waals surface area (Å²) in [5.41, 5.74) is 5.74. The van der Waals surface area contributed by atoms with Gasteiger partial charge < -0.3 is 9.30 Å². The van der Waals surface area contributed by atoms with E-state index >= 15 is 0 Å². The standard InChI is InChI=1S/C22H21NO2/c1-2-25-22(24)18-13-14-23-15-19(16-9-5-3-6-10-16)20(21(18)23)17-11-7-4-8-12-17/h3-12,15,18H,2,13-14H2,1H3. The third-order valence-electron chi connectivity index (χ3n) is 4.83. The molecule has 0 aliphatic carbocycles. The van der Waals surface area contributed by atoms with Crippen LogP contribution in [0, 0.1) is 0 Å². The molecule has 0 saturated heterocycles. The van der Waals surface area contributed by atoms with E-state index in [-0.39, 0.29) is 11.9 Å². The fourth-order valence-corrected chi connectivity index (χ4v) is 3.75. The largest absolute Gasteiger partial charge is 0.465 e. The monoisotopic (exact) mass is 331 g/mol. The van der Waals surface area contributed by atoms with Gasteiger partial charge in [-0.05, 0) is 24.5 Å². The summed E-state index contributed by atoms with van der Waals surface area (Å²) in [6.07, 6.45) is 3.00. The molecule has 2 aromatic carbocycles. The lowest BCUT2D eigenvalue weighted by atomic mass is 9.91. The molecule has 3 nitrogen and oxygen atoms in total. The molecular formula is C22H21NO2. The fourth-order valence-electron chi connectivity index (χ4n) is 3.75. The number of rotatable bonds is 4. The molecule has 3 aromatic rings. The first-order chi connectivity index (χ1) is 12.3. The highest BCUT2D eigenvalue weighted by Gasteiger charge is 2.35. The number of esters is 1. The van der Waals surface area contributed by atoms with E-state index in [1.807, 2.05) is 31.2 Å². The minimum absolute atomic E-state index is 0.115. The molecule has 1 atom stereocenters. The normalized spacial score (nSPS) is 15.8. The number of benzene rings is 2. The Bertz CT molecular complexity index is 881. The van der Waals surface area contributed by atoms with Gasteiger partial charge in [0.15, 0.2) is 0 Å². The molecule has 126 valence electrons. The molecule has 1 unspecified atom stereocenters. The van der Waals surface area contributed by atoms with Gasteiger partial charge in [-0.25, -0.2) is 0 Å². The quantitative estimate of drug-likeness (QED) is 0.639. The van der Waals surface area contributed by atoms with E-state index in [0.717, 1.165) is 29.8 Å². The second-order valence-corrected chi connectivity index (χ2v) is 6.32. The maximum Gasteiger partial charge on any atom is 0.315 e. The van der Waals surface area contributed by atoms with E-state index in [1.54, 1.807) is 0 Å². The second-order valence-electron chi connectivity index (χ2n) is 6.32. The van der Waals surface area contributed by atoms with Gasteiger partial charge in [0, 0.05) is 29.6 Å². The van der Waals surface area contributed by atoms with Crippen LogP contribution in [0.2, 0.25) is 0 Å². The van der Waals surface area contributed by atoms with Crippen molar-refractivity contribution in [3.05, 3.63) is 72.6 Å². The summed E-state index contributed by atoms with van der Waals surface area (Å²) in [6.45, 7) is 3.13. The highest BCUT2D eigenvalue weighted by atomic mass is 16.5. The lowest BCUT2D eigenvalue weighted by molar-refractivity contribution is -0.144. The molecule has 0 amide bonds. The second kappa shape index (κ2) is 6.60. The molecule has 0 bridgehead atoms. The Balaban J connectivity index is 1.91. The third-order valence-corrected chi connectivity index (χ3v) is 4.83. The predicted molar refractivity (Wildman–Crippen MR) is 99.3 cm³/mol. The van der Waals surface area contributed by atoms with E-state index in [2.05, 4.69) is 47.2 Å². The first kappa shape index (κ1) is 15.7. The minimum atomic E-state index is -0.187. The van der Waals surface area contributed by atoms with Crippen LogP contribution in [-0.2, 0) is 16.1 Å². The van der Waals surface area contributed by atoms with E-state index in [1.165, 1.54) is 11.1 Å². The first-order valence-corrected chi connectivity index (χ1v) is 8.80. The van der Waals surface area contributed by atoms with Crippen LogP contribution in [0.1, 0.15) is 25.0 Å². The summed E-state index contributed by atoms with van der Waals surface area (Å²) in [5, 5.41) is 0. The van der Waals surface area contributed by atoms with Gasteiger partial charge in [-0.15, -0.1) is 0 Å². The Kier molecular flexibility index (Phi) is 4.14. The zero-order valence-electron chi connectivity index (χ0n) is 14.3. The van der Waals surface area contributed by atoms with Gasteiger partial charge >= 0.3 is 5.97 Å². The summed E-state index contributed by atoms with van der Waals surface area (Å²) in [4.78, 5) is 12.5. The summed E-state index contributed by atoms with van der Waals surface area (Å²) >= 11 is 0. The van der Waals surface area contributed by atoms with Crippen LogP contribution in [0.4, 0.5) is 0 Å². The third kappa shape index (κ3) is 2.76. The van der Waals surface area contributed by atoms with Crippen molar-refractivity contribution >= 4 is 5.97 Å². The molecule has 1 aliphatic rings. The molecule has 1 aromatic heterocycles. The van der Waals surface area contributed by atoms with Crippen molar-refractivity contribution in [2.24, 2.45) is 0 Å². The van der Waals surface area contributed by atoms with Crippen LogP contribution in [-0.4, -0.2) is 17.1 Å². The number of nitrogens with zero attached hydrogens (tertiary/aromatic N) is 1. The number of ether oxygens (including phenoxy) is 1. The molecule has 3 heteroatoms. The number of aromatic nitrogens is 1. The molecule has 0 radical (unpaired) electrons. The maximum absolute atomic E-state index is 12.5. The van der Waals surface area contributed by atoms with Gasteiger partial charge in [0.05, 0.1) is 12.5 Å². The first-order valence-electron chi connectivity index (χ1n) is 8.80. The SMILES string of the molecule is CCOC(=O)C1CCn2cc(-c3ccccc3)c(-c3ccccc3)c21. The van der Waals surface area contributed by atoms with Crippen molar-refractivity contribution in [3.63, 3.8) is 0 Å². The van der Waals surface area contributed by atoms with Crippen LogP contribution in [0.15, 0.2) is 66.9 Å². The molecule has 0 saturated carbocycles. The highest BCUT2D eigenvalue weighted by molar-refractivity contribution is 5.90. The van der Waals surface area contributed by atoms with E-state index < -0.39 is 0 Å². The fraction of sp³-hybridized carbons (Fsp3) is 0.227. The van der Waals surface area contributed by atoms with Gasteiger partial charge in [-0.2, -0.15) is 0 Å². The molecule has 2 heterocycles. The Morgan fingerprint density at radius 1 is 1.04 bits per heavy atom. The summed E-state index contributed by atoms with van der Waals surface area (Å²) < 4.78 is 7.56. The van der Waals surface area contributed by atoms with Gasteiger partial charge in [-0.1, -0.05) is 60.7 Å². The van der Waals surface area contributed by atoms with E-state index in [0.29, 0.717) is 6.61 Å². The molecular weight excluding hydrogens is 310 g/mol. The van der Waals surface area contributed by atoms with Crippen molar-refractivity contribution in [2.45, 2.75) is 25.8 Å². The summed E-state index contributed by atoms with van der Waals surface area (Å²) in [6, 6.07) is 20.7. The molecule has 0 N–H and O–H groups in total. The molecule has 25 heavy (non-hydrogen) atoms. The summed E-state index contributed by atoms with van der Waals surface area (Å²) in [5.74, 6) is -0.302. The highest BCUT2D eigenvalue weighted by Crippen LogP contribution is 2.44. The van der Waals surface area contributed by atoms with Gasteiger partial charge in [0.1, 0.15) is 0 Å². The molecule has 4 rings (SSSR count). The average molecular weight is 331 g/mol. The smallest absolute Gasteiger partial charge is 0.315 e. The maximum atomic E-state index is 12.5. The van der Waals surface area contributed by atoms with Crippen molar-refractivity contribution in [1.82, 2.24) is 4.57 Å². The number of carbonyl (C=O) groups excluding carboxylic acids is 1. The van der Waals surface area contributed by atoms with Crippen molar-refractivity contribution < 1.29 is 9.53 Å². The average Bonchev–Trinajstić information content (AvgIpc) is 3.22. The predicted octanol–water partition coefficient (Wildman–Crippen LogP) is 4.87. The number of fused-ring (bicyclic) bond motifs is 1. The Morgan fingerprint density at radius 2 is 1.68 bits per heavy atom. The zero-order valence-corrected chi connectivity index (χ0v) is 14.3. The Hall–Kier alpha value is -2.81. The number of carbonyl (C=O) groups is 1. The summed E-state index contributed by atoms with van der Waals surface area (Å²) in [7, 11) is 0. The minimum Gasteiger partial charge on any atom is -0.465 e. The van der Waals surface area contributed by atoms with E-state index in [9.17, 15) is 4.79 Å². The Labute approximate surface area is 147 Å². The number of hydrogen-bond acceptors (Lipinski definition) is 2. The topological polar surface area (TPSA) is 31.2 Å². The van der Waals surface area contributed by atoms with Gasteiger partial charge in [0.2, 0.25) is 0 Å². The van der Waals surface area contributed by atoms with Crippen LogP contribution in [0.3, 0.4) is 0 Å². The van der Waals surface area contributed by atoms with Crippen LogP contribution in [0.25, 0.3) is 22.3 Å². The number of aryl methyl sites for hydroxylation is 1. The lowest BCUT2D eigenvalue weighted by Gasteiger charge is -2.13. The van der Waals surface area contributed by atoms with Gasteiger partial charge in [0.25, 0.3) is 0 Å². The zero-order chi connectivity index (χ0) is 17.2. The number of hydrogen-bond donors (Lipinski definition) is 0. The van der Waals surface area contributed by atoms with Crippen LogP contribution < -0.4 is 0 Å². The molecule has 1 aliphatic heterocycles. The van der Waals surface area contributed by atoms with Crippen molar-refractivity contribution in [3.8, 4) is 22.3 Å². The lowest BCUT2D eigenvalue weighted by Crippen LogP contribution is -2.14. The molecule has 0 spiro atoms. The van der Waals surface area contributed by atoms with Crippen LogP contribution in [0.5, 0.6) is 0 Å². The molecule has 0 fully saturated rings. The Morgan fingerprint density at radius 3 is 2.32 bits per heavy atom. The van der Waals surface area contributed by atoms with Crippen LogP contribution >= 0.6 is 0 Å². The van der Waals surface area contributed by atoms with Crippen molar-refractivity contribution in [1.29, 1.82) is 0 Å². The van der Waals surface area contributed by atoms with Crippen molar-refractivity contribution in [2.75, 3.05) is 6.61 Å². The van der Waals surface area contributed by atoms with Gasteiger partial charge in [-0.3, -0.25) is 4.79 Å².